The highest BCUT2D eigenvalue weighted by Crippen LogP contribution is 2.36. The van der Waals surface area contributed by atoms with Crippen molar-refractivity contribution in [2.45, 2.75) is 11.3 Å². The number of rotatable bonds is 4. The van der Waals surface area contributed by atoms with E-state index in [4.69, 9.17) is 9.47 Å². The van der Waals surface area contributed by atoms with E-state index in [0.29, 0.717) is 25.5 Å². The Morgan fingerprint density at radius 1 is 1.00 bits per heavy atom. The lowest BCUT2D eigenvalue weighted by molar-refractivity contribution is 0.122. The van der Waals surface area contributed by atoms with E-state index in [9.17, 15) is 8.42 Å². The molecule has 2 aromatic rings. The third-order valence-corrected chi connectivity index (χ3v) is 6.77. The Morgan fingerprint density at radius 2 is 1.73 bits per heavy atom. The molecule has 0 atom stereocenters. The molecular weight excluding hydrogens is 352 g/mol. The summed E-state index contributed by atoms with van der Waals surface area (Å²) in [5.74, 6) is 0.639. The fourth-order valence-electron chi connectivity index (χ4n) is 3.48. The first kappa shape index (κ1) is 17.2. The van der Waals surface area contributed by atoms with Crippen molar-refractivity contribution in [2.75, 3.05) is 49.2 Å². The molecule has 2 aliphatic heterocycles. The SMILES string of the molecule is COc1ccc(S(=O)(=O)N2CCc3ccc(N4CCOCC4)cc32)cc1. The van der Waals surface area contributed by atoms with E-state index in [2.05, 4.69) is 11.0 Å². The van der Waals surface area contributed by atoms with Gasteiger partial charge < -0.3 is 14.4 Å². The van der Waals surface area contributed by atoms with Crippen LogP contribution in [0.4, 0.5) is 11.4 Å². The standard InChI is InChI=1S/C19H22N2O4S/c1-24-17-4-6-18(7-5-17)26(22,23)21-9-8-15-2-3-16(14-19(15)21)20-10-12-25-13-11-20/h2-7,14H,8-13H2,1H3. The number of morpholine rings is 1. The Kier molecular flexibility index (Phi) is 4.50. The number of anilines is 2. The number of nitrogens with zero attached hydrogens (tertiary/aromatic N) is 2. The first-order valence-electron chi connectivity index (χ1n) is 8.72. The molecule has 26 heavy (non-hydrogen) atoms. The molecule has 2 aliphatic rings. The van der Waals surface area contributed by atoms with Gasteiger partial charge in [-0.15, -0.1) is 0 Å². The maximum Gasteiger partial charge on any atom is 0.264 e. The minimum absolute atomic E-state index is 0.280. The molecule has 0 unspecified atom stereocenters. The maximum atomic E-state index is 13.1. The number of hydrogen-bond donors (Lipinski definition) is 0. The van der Waals surface area contributed by atoms with Gasteiger partial charge in [-0.25, -0.2) is 8.42 Å². The molecule has 4 rings (SSSR count). The molecule has 0 spiro atoms. The monoisotopic (exact) mass is 374 g/mol. The van der Waals surface area contributed by atoms with Crippen molar-refractivity contribution in [3.63, 3.8) is 0 Å². The fourth-order valence-corrected chi connectivity index (χ4v) is 4.98. The molecule has 0 aliphatic carbocycles. The molecule has 0 bridgehead atoms. The predicted octanol–water partition coefficient (Wildman–Crippen LogP) is 2.28. The summed E-state index contributed by atoms with van der Waals surface area (Å²) in [5.41, 5.74) is 2.90. The molecular formula is C19H22N2O4S. The van der Waals surface area contributed by atoms with Crippen LogP contribution in [-0.4, -0.2) is 48.4 Å². The zero-order valence-electron chi connectivity index (χ0n) is 14.7. The zero-order chi connectivity index (χ0) is 18.1. The molecule has 2 heterocycles. The second kappa shape index (κ2) is 6.81. The van der Waals surface area contributed by atoms with Crippen LogP contribution >= 0.6 is 0 Å². The number of ether oxygens (including phenoxy) is 2. The summed E-state index contributed by atoms with van der Waals surface area (Å²) in [5, 5.41) is 0. The average molecular weight is 374 g/mol. The van der Waals surface area contributed by atoms with E-state index in [1.165, 1.54) is 4.31 Å². The largest absolute Gasteiger partial charge is 0.497 e. The van der Waals surface area contributed by atoms with Crippen LogP contribution in [0.25, 0.3) is 0 Å². The van der Waals surface area contributed by atoms with Crippen molar-refractivity contribution in [2.24, 2.45) is 0 Å². The first-order valence-corrected chi connectivity index (χ1v) is 10.2. The lowest BCUT2D eigenvalue weighted by Gasteiger charge is -2.30. The number of sulfonamides is 1. The lowest BCUT2D eigenvalue weighted by atomic mass is 10.1. The Hall–Kier alpha value is -2.25. The van der Waals surface area contributed by atoms with Gasteiger partial charge in [-0.3, -0.25) is 4.31 Å². The summed E-state index contributed by atoms with van der Waals surface area (Å²) < 4.78 is 38.3. The molecule has 0 radical (unpaired) electrons. The quantitative estimate of drug-likeness (QED) is 0.822. The minimum Gasteiger partial charge on any atom is -0.497 e. The van der Waals surface area contributed by atoms with E-state index in [1.807, 2.05) is 12.1 Å². The van der Waals surface area contributed by atoms with Crippen LogP contribution in [0.1, 0.15) is 5.56 Å². The van der Waals surface area contributed by atoms with Gasteiger partial charge in [-0.1, -0.05) is 6.07 Å². The molecule has 138 valence electrons. The third-order valence-electron chi connectivity index (χ3n) is 4.95. The van der Waals surface area contributed by atoms with Gasteiger partial charge in [-0.05, 0) is 48.4 Å². The minimum atomic E-state index is -3.59. The van der Waals surface area contributed by atoms with Gasteiger partial charge in [0, 0.05) is 25.3 Å². The Bertz CT molecular complexity index is 890. The summed E-state index contributed by atoms with van der Waals surface area (Å²) in [4.78, 5) is 2.52. The van der Waals surface area contributed by atoms with E-state index < -0.39 is 10.0 Å². The van der Waals surface area contributed by atoms with E-state index >= 15 is 0 Å². The lowest BCUT2D eigenvalue weighted by Crippen LogP contribution is -2.36. The summed E-state index contributed by atoms with van der Waals surface area (Å²) in [7, 11) is -2.03. The van der Waals surface area contributed by atoms with Crippen LogP contribution in [0.5, 0.6) is 5.75 Å². The van der Waals surface area contributed by atoms with Crippen molar-refractivity contribution >= 4 is 21.4 Å². The summed E-state index contributed by atoms with van der Waals surface area (Å²) in [6, 6.07) is 12.7. The maximum absolute atomic E-state index is 13.1. The van der Waals surface area contributed by atoms with Gasteiger partial charge in [0.25, 0.3) is 10.0 Å². The molecule has 1 fully saturated rings. The summed E-state index contributed by atoms with van der Waals surface area (Å²) >= 11 is 0. The Balaban J connectivity index is 1.67. The van der Waals surface area contributed by atoms with Gasteiger partial charge in [-0.2, -0.15) is 0 Å². The highest BCUT2D eigenvalue weighted by Gasteiger charge is 2.31. The molecule has 0 aromatic heterocycles. The molecule has 1 saturated heterocycles. The van der Waals surface area contributed by atoms with Crippen LogP contribution in [-0.2, 0) is 21.2 Å². The van der Waals surface area contributed by atoms with Crippen LogP contribution in [0.2, 0.25) is 0 Å². The van der Waals surface area contributed by atoms with E-state index in [0.717, 1.165) is 36.4 Å². The van der Waals surface area contributed by atoms with E-state index in [-0.39, 0.29) is 4.90 Å². The van der Waals surface area contributed by atoms with Crippen LogP contribution in [0.3, 0.4) is 0 Å². The summed E-state index contributed by atoms with van der Waals surface area (Å²) in [6.45, 7) is 3.51. The van der Waals surface area contributed by atoms with Gasteiger partial charge in [0.15, 0.2) is 0 Å². The van der Waals surface area contributed by atoms with Crippen LogP contribution in [0.15, 0.2) is 47.4 Å². The van der Waals surface area contributed by atoms with Crippen molar-refractivity contribution < 1.29 is 17.9 Å². The van der Waals surface area contributed by atoms with Crippen molar-refractivity contribution in [3.8, 4) is 5.75 Å². The normalized spacial score (nSPS) is 17.3. The predicted molar refractivity (Wildman–Crippen MR) is 101 cm³/mol. The smallest absolute Gasteiger partial charge is 0.264 e. The molecule has 7 heteroatoms. The second-order valence-corrected chi connectivity index (χ2v) is 8.28. The topological polar surface area (TPSA) is 59.1 Å². The number of methoxy groups -OCH3 is 1. The van der Waals surface area contributed by atoms with Gasteiger partial charge in [0.2, 0.25) is 0 Å². The Labute approximate surface area is 154 Å². The zero-order valence-corrected chi connectivity index (χ0v) is 15.5. The second-order valence-electron chi connectivity index (χ2n) is 6.42. The molecule has 2 aromatic carbocycles. The number of hydrogen-bond acceptors (Lipinski definition) is 5. The molecule has 0 amide bonds. The highest BCUT2D eigenvalue weighted by molar-refractivity contribution is 7.92. The first-order chi connectivity index (χ1) is 12.6. The van der Waals surface area contributed by atoms with Gasteiger partial charge >= 0.3 is 0 Å². The average Bonchev–Trinajstić information content (AvgIpc) is 3.13. The van der Waals surface area contributed by atoms with Gasteiger partial charge in [0.1, 0.15) is 5.75 Å². The number of benzene rings is 2. The van der Waals surface area contributed by atoms with Crippen molar-refractivity contribution in [1.82, 2.24) is 0 Å². The van der Waals surface area contributed by atoms with Crippen molar-refractivity contribution in [1.29, 1.82) is 0 Å². The highest BCUT2D eigenvalue weighted by atomic mass is 32.2. The van der Waals surface area contributed by atoms with Crippen LogP contribution in [0, 0.1) is 0 Å². The molecule has 0 saturated carbocycles. The van der Waals surface area contributed by atoms with Crippen LogP contribution < -0.4 is 13.9 Å². The van der Waals surface area contributed by atoms with E-state index in [1.54, 1.807) is 31.4 Å². The van der Waals surface area contributed by atoms with Crippen molar-refractivity contribution in [3.05, 3.63) is 48.0 Å². The Morgan fingerprint density at radius 3 is 2.42 bits per heavy atom. The fraction of sp³-hybridized carbons (Fsp3) is 0.368. The summed E-state index contributed by atoms with van der Waals surface area (Å²) in [6.07, 6.45) is 0.730. The molecule has 0 N–H and O–H groups in total. The molecule has 6 nitrogen and oxygen atoms in total. The third kappa shape index (κ3) is 3.01. The van der Waals surface area contributed by atoms with Gasteiger partial charge in [0.05, 0.1) is 30.9 Å². The number of fused-ring (bicyclic) bond motifs is 1.